The van der Waals surface area contributed by atoms with E-state index in [0.29, 0.717) is 29.6 Å². The molecule has 132 valence electrons. The van der Waals surface area contributed by atoms with Gasteiger partial charge in [-0.3, -0.25) is 4.79 Å². The van der Waals surface area contributed by atoms with Crippen LogP contribution in [0.25, 0.3) is 11.5 Å². The molecule has 26 heavy (non-hydrogen) atoms. The summed E-state index contributed by atoms with van der Waals surface area (Å²) in [4.78, 5) is 18.5. The summed E-state index contributed by atoms with van der Waals surface area (Å²) in [7, 11) is 1.77. The lowest BCUT2D eigenvalue weighted by Gasteiger charge is -2.17. The van der Waals surface area contributed by atoms with Crippen LogP contribution in [0.15, 0.2) is 47.0 Å². The Morgan fingerprint density at radius 1 is 1.12 bits per heavy atom. The number of hydrogen-bond acceptors (Lipinski definition) is 6. The highest BCUT2D eigenvalue weighted by Crippen LogP contribution is 2.32. The molecule has 0 bridgehead atoms. The Bertz CT molecular complexity index is 950. The molecule has 2 aromatic carbocycles. The van der Waals surface area contributed by atoms with Gasteiger partial charge in [0.25, 0.3) is 11.8 Å². The van der Waals surface area contributed by atoms with Crippen LogP contribution >= 0.6 is 0 Å². The maximum atomic E-state index is 12.7. The summed E-state index contributed by atoms with van der Waals surface area (Å²) >= 11 is 0. The second-order valence-corrected chi connectivity index (χ2v) is 6.07. The fraction of sp³-hybridized carbons (Fsp3) is 0.211. The highest BCUT2D eigenvalue weighted by molar-refractivity contribution is 5.94. The molecule has 0 aliphatic carbocycles. The van der Waals surface area contributed by atoms with Gasteiger partial charge >= 0.3 is 0 Å². The van der Waals surface area contributed by atoms with Crippen molar-refractivity contribution >= 4 is 5.91 Å². The zero-order valence-electron chi connectivity index (χ0n) is 14.4. The molecule has 1 aromatic heterocycles. The van der Waals surface area contributed by atoms with Gasteiger partial charge in [-0.2, -0.15) is 4.98 Å². The molecule has 1 aliphatic rings. The lowest BCUT2D eigenvalue weighted by Crippen LogP contribution is -2.26. The average molecular weight is 351 g/mol. The normalized spacial score (nSPS) is 12.2. The Morgan fingerprint density at radius 3 is 2.62 bits per heavy atom. The predicted octanol–water partition coefficient (Wildman–Crippen LogP) is 3.05. The molecule has 2 heterocycles. The van der Waals surface area contributed by atoms with Crippen LogP contribution in [-0.2, 0) is 6.54 Å². The van der Waals surface area contributed by atoms with E-state index in [1.165, 1.54) is 0 Å². The molecule has 4 rings (SSSR count). The summed E-state index contributed by atoms with van der Waals surface area (Å²) in [5, 5.41) is 3.77. The van der Waals surface area contributed by atoms with Gasteiger partial charge in [0.05, 0.1) is 0 Å². The Kier molecular flexibility index (Phi) is 4.04. The van der Waals surface area contributed by atoms with Gasteiger partial charge in [-0.15, -0.1) is 0 Å². The number of nitrogens with zero attached hydrogens (tertiary/aromatic N) is 3. The molecule has 7 heteroatoms. The molecule has 1 aliphatic heterocycles. The lowest BCUT2D eigenvalue weighted by molar-refractivity contribution is 0.0785. The second kappa shape index (κ2) is 6.51. The van der Waals surface area contributed by atoms with Gasteiger partial charge in [0.2, 0.25) is 6.79 Å². The SMILES string of the molecule is Cc1noc(-c2ccc(C(=O)N(C)Cc3ccc4c(c3)OCO4)cc2)n1. The summed E-state index contributed by atoms with van der Waals surface area (Å²) < 4.78 is 15.8. The third-order valence-electron chi connectivity index (χ3n) is 4.11. The van der Waals surface area contributed by atoms with Crippen LogP contribution in [0.4, 0.5) is 0 Å². The van der Waals surface area contributed by atoms with Crippen LogP contribution in [0, 0.1) is 6.92 Å². The number of ether oxygens (including phenoxy) is 2. The summed E-state index contributed by atoms with van der Waals surface area (Å²) in [6.07, 6.45) is 0. The highest BCUT2D eigenvalue weighted by Gasteiger charge is 2.17. The molecular formula is C19H17N3O4. The number of carbonyl (C=O) groups is 1. The highest BCUT2D eigenvalue weighted by atomic mass is 16.7. The van der Waals surface area contributed by atoms with E-state index in [-0.39, 0.29) is 12.7 Å². The topological polar surface area (TPSA) is 77.7 Å². The van der Waals surface area contributed by atoms with E-state index in [0.717, 1.165) is 16.9 Å². The fourth-order valence-electron chi connectivity index (χ4n) is 2.78. The molecular weight excluding hydrogens is 334 g/mol. The van der Waals surface area contributed by atoms with Gasteiger partial charge in [0, 0.05) is 24.7 Å². The first-order valence-electron chi connectivity index (χ1n) is 8.15. The minimum absolute atomic E-state index is 0.0732. The molecule has 0 unspecified atom stereocenters. The Balaban J connectivity index is 1.46. The maximum absolute atomic E-state index is 12.7. The molecule has 0 spiro atoms. The number of aromatic nitrogens is 2. The molecule has 0 saturated carbocycles. The van der Waals surface area contributed by atoms with E-state index in [2.05, 4.69) is 10.1 Å². The zero-order valence-corrected chi connectivity index (χ0v) is 14.4. The van der Waals surface area contributed by atoms with Crippen molar-refractivity contribution in [1.82, 2.24) is 15.0 Å². The third-order valence-corrected chi connectivity index (χ3v) is 4.11. The summed E-state index contributed by atoms with van der Waals surface area (Å²) in [6, 6.07) is 12.8. The van der Waals surface area contributed by atoms with Crippen molar-refractivity contribution in [3.05, 3.63) is 59.4 Å². The Hall–Kier alpha value is -3.35. The van der Waals surface area contributed by atoms with E-state index in [1.807, 2.05) is 18.2 Å². The maximum Gasteiger partial charge on any atom is 0.257 e. The molecule has 0 atom stereocenters. The fourth-order valence-corrected chi connectivity index (χ4v) is 2.78. The molecule has 1 amide bonds. The van der Waals surface area contributed by atoms with Crippen molar-refractivity contribution in [2.24, 2.45) is 0 Å². The Labute approximate surface area is 150 Å². The van der Waals surface area contributed by atoms with E-state index in [1.54, 1.807) is 43.1 Å². The van der Waals surface area contributed by atoms with Crippen LogP contribution in [0.2, 0.25) is 0 Å². The second-order valence-electron chi connectivity index (χ2n) is 6.07. The minimum Gasteiger partial charge on any atom is -0.454 e. The van der Waals surface area contributed by atoms with Crippen molar-refractivity contribution in [3.8, 4) is 23.0 Å². The number of amides is 1. The van der Waals surface area contributed by atoms with Gasteiger partial charge in [0.1, 0.15) is 0 Å². The molecule has 3 aromatic rings. The van der Waals surface area contributed by atoms with E-state index < -0.39 is 0 Å². The van der Waals surface area contributed by atoms with Crippen LogP contribution in [0.1, 0.15) is 21.7 Å². The number of hydrogen-bond donors (Lipinski definition) is 0. The quantitative estimate of drug-likeness (QED) is 0.719. The van der Waals surface area contributed by atoms with Crippen molar-refractivity contribution in [1.29, 1.82) is 0 Å². The largest absolute Gasteiger partial charge is 0.454 e. The molecule has 7 nitrogen and oxygen atoms in total. The molecule has 0 saturated heterocycles. The first-order chi connectivity index (χ1) is 12.6. The standard InChI is InChI=1S/C19H17N3O4/c1-12-20-18(26-21-12)14-4-6-15(7-5-14)19(23)22(2)10-13-3-8-16-17(9-13)25-11-24-16/h3-9H,10-11H2,1-2H3. The van der Waals surface area contributed by atoms with Gasteiger partial charge in [0.15, 0.2) is 17.3 Å². The third kappa shape index (κ3) is 3.11. The molecule has 0 N–H and O–H groups in total. The number of fused-ring (bicyclic) bond motifs is 1. The van der Waals surface area contributed by atoms with Crippen molar-refractivity contribution in [3.63, 3.8) is 0 Å². The minimum atomic E-state index is -0.0732. The van der Waals surface area contributed by atoms with Crippen LogP contribution < -0.4 is 9.47 Å². The van der Waals surface area contributed by atoms with Gasteiger partial charge in [-0.25, -0.2) is 0 Å². The van der Waals surface area contributed by atoms with E-state index in [4.69, 9.17) is 14.0 Å². The average Bonchev–Trinajstić information content (AvgIpc) is 3.29. The summed E-state index contributed by atoms with van der Waals surface area (Å²) in [5.74, 6) is 2.38. The molecule has 0 fully saturated rings. The number of rotatable bonds is 4. The van der Waals surface area contributed by atoms with Gasteiger partial charge < -0.3 is 18.9 Å². The first-order valence-corrected chi connectivity index (χ1v) is 8.15. The zero-order chi connectivity index (χ0) is 18.1. The number of aryl methyl sites for hydroxylation is 1. The predicted molar refractivity (Wildman–Crippen MR) is 92.8 cm³/mol. The van der Waals surface area contributed by atoms with Crippen molar-refractivity contribution in [2.45, 2.75) is 13.5 Å². The van der Waals surface area contributed by atoms with Gasteiger partial charge in [-0.1, -0.05) is 11.2 Å². The van der Waals surface area contributed by atoms with Crippen molar-refractivity contribution < 1.29 is 18.8 Å². The first kappa shape index (κ1) is 16.1. The summed E-state index contributed by atoms with van der Waals surface area (Å²) in [6.45, 7) is 2.47. The van der Waals surface area contributed by atoms with Gasteiger partial charge in [-0.05, 0) is 48.9 Å². The van der Waals surface area contributed by atoms with Crippen molar-refractivity contribution in [2.75, 3.05) is 13.8 Å². The monoisotopic (exact) mass is 351 g/mol. The van der Waals surface area contributed by atoms with E-state index >= 15 is 0 Å². The van der Waals surface area contributed by atoms with Crippen LogP contribution in [-0.4, -0.2) is 34.8 Å². The number of benzene rings is 2. The lowest BCUT2D eigenvalue weighted by atomic mass is 10.1. The van der Waals surface area contributed by atoms with Crippen LogP contribution in [0.5, 0.6) is 11.5 Å². The summed E-state index contributed by atoms with van der Waals surface area (Å²) in [5.41, 5.74) is 2.34. The van der Waals surface area contributed by atoms with Crippen LogP contribution in [0.3, 0.4) is 0 Å². The molecule has 0 radical (unpaired) electrons. The Morgan fingerprint density at radius 2 is 1.88 bits per heavy atom. The number of carbonyl (C=O) groups excluding carboxylic acids is 1. The smallest absolute Gasteiger partial charge is 0.257 e. The van der Waals surface area contributed by atoms with E-state index in [9.17, 15) is 4.79 Å².